The normalized spacial score (nSPS) is 53.0. The summed E-state index contributed by atoms with van der Waals surface area (Å²) < 4.78 is 0. The van der Waals surface area contributed by atoms with Crippen LogP contribution in [0.15, 0.2) is 11.6 Å². The lowest BCUT2D eigenvalue weighted by atomic mass is 9.42. The Labute approximate surface area is 201 Å². The van der Waals surface area contributed by atoms with E-state index in [9.17, 15) is 15.0 Å². The highest BCUT2D eigenvalue weighted by molar-refractivity contribution is 5.95. The topological polar surface area (TPSA) is 57.5 Å². The van der Waals surface area contributed by atoms with Gasteiger partial charge in [0, 0.05) is 11.3 Å². The van der Waals surface area contributed by atoms with Crippen LogP contribution in [0.3, 0.4) is 0 Å². The van der Waals surface area contributed by atoms with Crippen molar-refractivity contribution in [1.82, 2.24) is 0 Å². The van der Waals surface area contributed by atoms with Gasteiger partial charge in [0.05, 0.1) is 12.2 Å². The zero-order valence-electron chi connectivity index (χ0n) is 22.2. The Bertz CT molecular complexity index is 870. The molecule has 3 nitrogen and oxygen atoms in total. The van der Waals surface area contributed by atoms with Gasteiger partial charge < -0.3 is 10.2 Å². The Balaban J connectivity index is 1.54. The van der Waals surface area contributed by atoms with Crippen molar-refractivity contribution in [2.24, 2.45) is 50.7 Å². The number of aliphatic hydroxyl groups excluding tert-OH is 2. The first kappa shape index (κ1) is 24.0. The van der Waals surface area contributed by atoms with Crippen LogP contribution in [0.1, 0.15) is 106 Å². The molecule has 4 saturated carbocycles. The maximum atomic E-state index is 13.6. The molecule has 0 amide bonds. The van der Waals surface area contributed by atoms with Gasteiger partial charge in [-0.2, -0.15) is 0 Å². The minimum absolute atomic E-state index is 0.0246. The molecule has 2 N–H and O–H groups in total. The molecule has 0 aromatic rings. The van der Waals surface area contributed by atoms with Gasteiger partial charge in [0.1, 0.15) is 0 Å². The summed E-state index contributed by atoms with van der Waals surface area (Å²) in [5, 5.41) is 21.7. The van der Waals surface area contributed by atoms with Crippen LogP contribution in [-0.4, -0.2) is 28.2 Å². The standard InChI is InChI=1S/C30H48O3/c1-26(2)21-10-13-28(5)17-18-16-20(31)25-27(3,4)24(33)11-14-29(25,6)19(18)8-9-22(28)30(21,7)15-12-23(26)32/h16,19,21-25,32-33H,8-15,17H2,1-7H3/t19-,21-,22-,23+,24+,25-,28-,29+,30-/m0/s1. The minimum atomic E-state index is -0.393. The second-order valence-electron chi connectivity index (χ2n) is 14.9. The van der Waals surface area contributed by atoms with E-state index in [0.717, 1.165) is 32.1 Å². The fourth-order valence-corrected chi connectivity index (χ4v) is 10.9. The third-order valence-corrected chi connectivity index (χ3v) is 12.6. The SMILES string of the molecule is CC1(C)[C@H](O)CC[C@@]2(C)[C@H]1CC[C@@]1(C)CC3=CC(=O)[C@H]4C(C)(C)[C@H](O)CC[C@]4(C)[C@H]3CC[C@@H]12. The Kier molecular flexibility index (Phi) is 5.24. The lowest BCUT2D eigenvalue weighted by molar-refractivity contribution is -0.170. The number of hydrogen-bond donors (Lipinski definition) is 2. The molecule has 5 aliphatic carbocycles. The van der Waals surface area contributed by atoms with Crippen LogP contribution in [0.4, 0.5) is 0 Å². The molecule has 0 aliphatic heterocycles. The fourth-order valence-electron chi connectivity index (χ4n) is 10.9. The second kappa shape index (κ2) is 7.19. The number of rotatable bonds is 0. The molecule has 0 aromatic heterocycles. The first-order chi connectivity index (χ1) is 15.2. The van der Waals surface area contributed by atoms with Crippen molar-refractivity contribution in [3.8, 4) is 0 Å². The zero-order chi connectivity index (χ0) is 24.2. The van der Waals surface area contributed by atoms with Crippen LogP contribution in [0, 0.1) is 50.7 Å². The summed E-state index contributed by atoms with van der Waals surface area (Å²) in [6, 6.07) is 0. The van der Waals surface area contributed by atoms with E-state index in [1.165, 1.54) is 31.3 Å². The zero-order valence-corrected chi connectivity index (χ0v) is 22.2. The fraction of sp³-hybridized carbons (Fsp3) is 0.900. The maximum Gasteiger partial charge on any atom is 0.159 e. The average Bonchev–Trinajstić information content (AvgIpc) is 2.85. The molecular formula is C30H48O3. The minimum Gasteiger partial charge on any atom is -0.393 e. The molecule has 5 aliphatic rings. The number of carbonyl (C=O) groups is 1. The lowest BCUT2D eigenvalue weighted by Gasteiger charge is -2.63. The Hall–Kier alpha value is -0.670. The summed E-state index contributed by atoms with van der Waals surface area (Å²) in [7, 11) is 0. The van der Waals surface area contributed by atoms with E-state index in [4.69, 9.17) is 0 Å². The third kappa shape index (κ3) is 3.09. The van der Waals surface area contributed by atoms with Crippen LogP contribution in [-0.2, 0) is 4.79 Å². The van der Waals surface area contributed by atoms with E-state index < -0.39 is 6.10 Å². The molecule has 33 heavy (non-hydrogen) atoms. The second-order valence-corrected chi connectivity index (χ2v) is 14.9. The largest absolute Gasteiger partial charge is 0.393 e. The van der Waals surface area contributed by atoms with E-state index in [2.05, 4.69) is 48.5 Å². The predicted octanol–water partition coefficient (Wildman–Crippen LogP) is 6.32. The molecule has 9 atom stereocenters. The van der Waals surface area contributed by atoms with Gasteiger partial charge in [-0.25, -0.2) is 0 Å². The molecule has 0 spiro atoms. The van der Waals surface area contributed by atoms with Gasteiger partial charge in [-0.3, -0.25) is 4.79 Å². The third-order valence-electron chi connectivity index (χ3n) is 12.6. The maximum absolute atomic E-state index is 13.6. The van der Waals surface area contributed by atoms with Gasteiger partial charge in [-0.1, -0.05) is 54.0 Å². The highest BCUT2D eigenvalue weighted by atomic mass is 16.3. The van der Waals surface area contributed by atoms with Crippen molar-refractivity contribution in [2.75, 3.05) is 0 Å². The number of hydrogen-bond acceptors (Lipinski definition) is 3. The van der Waals surface area contributed by atoms with Crippen molar-refractivity contribution in [3.63, 3.8) is 0 Å². The van der Waals surface area contributed by atoms with Crippen molar-refractivity contribution in [1.29, 1.82) is 0 Å². The number of fused-ring (bicyclic) bond motifs is 6. The Morgan fingerprint density at radius 2 is 1.33 bits per heavy atom. The van der Waals surface area contributed by atoms with E-state index in [-0.39, 0.29) is 44.9 Å². The highest BCUT2D eigenvalue weighted by Gasteiger charge is 2.64. The molecule has 0 unspecified atom stereocenters. The van der Waals surface area contributed by atoms with Crippen LogP contribution >= 0.6 is 0 Å². The Morgan fingerprint density at radius 1 is 0.727 bits per heavy atom. The lowest BCUT2D eigenvalue weighted by Crippen LogP contribution is -2.58. The summed E-state index contributed by atoms with van der Waals surface area (Å²) >= 11 is 0. The van der Waals surface area contributed by atoms with E-state index >= 15 is 0 Å². The van der Waals surface area contributed by atoms with Crippen molar-refractivity contribution < 1.29 is 15.0 Å². The van der Waals surface area contributed by atoms with Crippen molar-refractivity contribution in [3.05, 3.63) is 11.6 Å². The molecule has 0 heterocycles. The van der Waals surface area contributed by atoms with E-state index in [0.29, 0.717) is 17.8 Å². The van der Waals surface area contributed by atoms with Gasteiger partial charge >= 0.3 is 0 Å². The molecule has 3 heteroatoms. The molecule has 0 radical (unpaired) electrons. The number of ketones is 1. The molecule has 0 saturated heterocycles. The first-order valence-corrected chi connectivity index (χ1v) is 13.8. The Morgan fingerprint density at radius 3 is 2.00 bits per heavy atom. The van der Waals surface area contributed by atoms with Gasteiger partial charge in [-0.15, -0.1) is 0 Å². The highest BCUT2D eigenvalue weighted by Crippen LogP contribution is 2.70. The summed E-state index contributed by atoms with van der Waals surface area (Å²) in [4.78, 5) is 13.6. The molecule has 186 valence electrons. The van der Waals surface area contributed by atoms with Gasteiger partial charge in [-0.05, 0) is 103 Å². The smallest absolute Gasteiger partial charge is 0.159 e. The average molecular weight is 457 g/mol. The number of aliphatic hydroxyl groups is 2. The van der Waals surface area contributed by atoms with Gasteiger partial charge in [0.25, 0.3) is 0 Å². The van der Waals surface area contributed by atoms with Gasteiger partial charge in [0.15, 0.2) is 5.78 Å². The van der Waals surface area contributed by atoms with Crippen LogP contribution in [0.2, 0.25) is 0 Å². The molecule has 5 rings (SSSR count). The van der Waals surface area contributed by atoms with Crippen molar-refractivity contribution in [2.45, 2.75) is 118 Å². The summed E-state index contributed by atoms with van der Waals surface area (Å²) in [6.45, 7) is 16.3. The van der Waals surface area contributed by atoms with Crippen molar-refractivity contribution >= 4 is 5.78 Å². The summed E-state index contributed by atoms with van der Waals surface area (Å²) in [6.07, 6.45) is 11.1. The molecule has 0 bridgehead atoms. The summed E-state index contributed by atoms with van der Waals surface area (Å²) in [5.74, 6) is 1.86. The molecule has 4 fully saturated rings. The van der Waals surface area contributed by atoms with Crippen LogP contribution in [0.5, 0.6) is 0 Å². The molecular weight excluding hydrogens is 408 g/mol. The first-order valence-electron chi connectivity index (χ1n) is 13.8. The predicted molar refractivity (Wildman–Crippen MR) is 132 cm³/mol. The van der Waals surface area contributed by atoms with Crippen LogP contribution in [0.25, 0.3) is 0 Å². The van der Waals surface area contributed by atoms with E-state index in [1.807, 2.05) is 6.08 Å². The quantitative estimate of drug-likeness (QED) is 0.448. The monoisotopic (exact) mass is 456 g/mol. The number of carbonyl (C=O) groups excluding carboxylic acids is 1. The van der Waals surface area contributed by atoms with Crippen LogP contribution < -0.4 is 0 Å². The van der Waals surface area contributed by atoms with E-state index in [1.54, 1.807) is 0 Å². The molecule has 0 aromatic carbocycles. The van der Waals surface area contributed by atoms with Gasteiger partial charge in [0.2, 0.25) is 0 Å². The summed E-state index contributed by atoms with van der Waals surface area (Å²) in [5.41, 5.74) is 1.48. The number of allylic oxidation sites excluding steroid dienone is 2.